The Balaban J connectivity index is 2.85. The van der Waals surface area contributed by atoms with Gasteiger partial charge in [-0.1, -0.05) is 6.92 Å². The molecule has 0 aliphatic rings. The smallest absolute Gasteiger partial charge is 0.254 e. The molecule has 0 saturated carbocycles. The van der Waals surface area contributed by atoms with Crippen LogP contribution in [0.4, 0.5) is 5.82 Å². The molecule has 0 atom stereocenters. The number of hydrogen-bond donors (Lipinski definition) is 2. The average Bonchev–Trinajstić information content (AvgIpc) is 2.35. The van der Waals surface area contributed by atoms with Crippen LogP contribution in [0.15, 0.2) is 18.3 Å². The van der Waals surface area contributed by atoms with E-state index in [9.17, 15) is 4.79 Å². The lowest BCUT2D eigenvalue weighted by Gasteiger charge is -2.20. The van der Waals surface area contributed by atoms with Crippen LogP contribution in [-0.2, 0) is 0 Å². The second-order valence-corrected chi connectivity index (χ2v) is 3.46. The van der Waals surface area contributed by atoms with Crippen molar-refractivity contribution in [3.05, 3.63) is 23.9 Å². The maximum atomic E-state index is 12.1. The van der Waals surface area contributed by atoms with Crippen molar-refractivity contribution in [1.29, 1.82) is 0 Å². The van der Waals surface area contributed by atoms with Gasteiger partial charge in [-0.05, 0) is 25.5 Å². The highest BCUT2D eigenvalue weighted by Gasteiger charge is 2.13. The van der Waals surface area contributed by atoms with Crippen LogP contribution in [0.25, 0.3) is 0 Å². The fraction of sp³-hybridized carbons (Fsp3) is 0.455. The number of carbonyl (C=O) groups excluding carboxylic acids is 1. The van der Waals surface area contributed by atoms with Crippen molar-refractivity contribution in [3.63, 3.8) is 0 Å². The van der Waals surface area contributed by atoms with E-state index >= 15 is 0 Å². The van der Waals surface area contributed by atoms with Crippen LogP contribution in [0.2, 0.25) is 0 Å². The van der Waals surface area contributed by atoms with E-state index in [-0.39, 0.29) is 5.91 Å². The van der Waals surface area contributed by atoms with Gasteiger partial charge in [0.25, 0.3) is 5.91 Å². The number of nitrogens with zero attached hydrogens (tertiary/aromatic N) is 2. The highest BCUT2D eigenvalue weighted by molar-refractivity contribution is 5.94. The molecule has 0 saturated heterocycles. The van der Waals surface area contributed by atoms with Crippen LogP contribution in [0.3, 0.4) is 0 Å². The molecule has 1 rings (SSSR count). The number of nitrogens with two attached hydrogens (primary N) is 1. The Kier molecular flexibility index (Phi) is 4.72. The summed E-state index contributed by atoms with van der Waals surface area (Å²) >= 11 is 0. The van der Waals surface area contributed by atoms with E-state index in [4.69, 9.17) is 5.84 Å². The van der Waals surface area contributed by atoms with Crippen molar-refractivity contribution in [2.45, 2.75) is 20.3 Å². The molecule has 0 bridgehead atoms. The Morgan fingerprint density at radius 1 is 1.56 bits per heavy atom. The minimum Gasteiger partial charge on any atom is -0.339 e. The number of aromatic nitrogens is 1. The van der Waals surface area contributed by atoms with Crippen LogP contribution in [0, 0.1) is 0 Å². The molecule has 5 nitrogen and oxygen atoms in total. The van der Waals surface area contributed by atoms with Crippen molar-refractivity contribution >= 4 is 11.7 Å². The molecule has 1 aromatic heterocycles. The Labute approximate surface area is 95.6 Å². The van der Waals surface area contributed by atoms with Gasteiger partial charge in [-0.15, -0.1) is 0 Å². The molecule has 0 aliphatic carbocycles. The second-order valence-electron chi connectivity index (χ2n) is 3.46. The molecule has 3 N–H and O–H groups in total. The zero-order valence-electron chi connectivity index (χ0n) is 9.73. The first-order valence-corrected chi connectivity index (χ1v) is 5.44. The number of rotatable bonds is 5. The van der Waals surface area contributed by atoms with Gasteiger partial charge in [0.05, 0.1) is 0 Å². The predicted octanol–water partition coefficient (Wildman–Crippen LogP) is 1.24. The van der Waals surface area contributed by atoms with E-state index in [1.165, 1.54) is 0 Å². The number of nitrogens with one attached hydrogen (secondary N) is 1. The SMILES string of the molecule is CCCN(CC)C(=O)c1ccnc(NN)c1. The molecular formula is C11H18N4O. The van der Waals surface area contributed by atoms with E-state index in [0.717, 1.165) is 13.0 Å². The fourth-order valence-corrected chi connectivity index (χ4v) is 1.50. The highest BCUT2D eigenvalue weighted by atomic mass is 16.2. The van der Waals surface area contributed by atoms with E-state index in [1.54, 1.807) is 23.2 Å². The topological polar surface area (TPSA) is 71.2 Å². The van der Waals surface area contributed by atoms with Crippen molar-refractivity contribution in [1.82, 2.24) is 9.88 Å². The molecule has 5 heteroatoms. The van der Waals surface area contributed by atoms with Crippen molar-refractivity contribution in [2.24, 2.45) is 5.84 Å². The number of hydrazine groups is 1. The monoisotopic (exact) mass is 222 g/mol. The summed E-state index contributed by atoms with van der Waals surface area (Å²) in [5.41, 5.74) is 3.04. The van der Waals surface area contributed by atoms with E-state index in [1.807, 2.05) is 6.92 Å². The third-order valence-electron chi connectivity index (χ3n) is 2.32. The van der Waals surface area contributed by atoms with E-state index < -0.39 is 0 Å². The van der Waals surface area contributed by atoms with Crippen LogP contribution < -0.4 is 11.3 Å². The molecule has 16 heavy (non-hydrogen) atoms. The van der Waals surface area contributed by atoms with Gasteiger partial charge in [-0.3, -0.25) is 4.79 Å². The Morgan fingerprint density at radius 3 is 2.88 bits per heavy atom. The average molecular weight is 222 g/mol. The first kappa shape index (κ1) is 12.4. The third-order valence-corrected chi connectivity index (χ3v) is 2.32. The molecule has 1 amide bonds. The van der Waals surface area contributed by atoms with Crippen LogP contribution in [0.1, 0.15) is 30.6 Å². The van der Waals surface area contributed by atoms with Crippen molar-refractivity contribution in [2.75, 3.05) is 18.5 Å². The fourth-order valence-electron chi connectivity index (χ4n) is 1.50. The van der Waals surface area contributed by atoms with Crippen LogP contribution >= 0.6 is 0 Å². The molecule has 0 aromatic carbocycles. The Morgan fingerprint density at radius 2 is 2.31 bits per heavy atom. The number of pyridine rings is 1. The number of anilines is 1. The minimum absolute atomic E-state index is 0.0169. The maximum Gasteiger partial charge on any atom is 0.254 e. The molecule has 1 aromatic rings. The molecule has 0 aliphatic heterocycles. The lowest BCUT2D eigenvalue weighted by Crippen LogP contribution is -2.31. The molecular weight excluding hydrogens is 204 g/mol. The summed E-state index contributed by atoms with van der Waals surface area (Å²) in [5.74, 6) is 5.76. The van der Waals surface area contributed by atoms with Gasteiger partial charge in [0, 0.05) is 24.8 Å². The molecule has 0 radical (unpaired) electrons. The van der Waals surface area contributed by atoms with Crippen LogP contribution in [0.5, 0.6) is 0 Å². The third kappa shape index (κ3) is 2.93. The summed E-state index contributed by atoms with van der Waals surface area (Å²) in [6.45, 7) is 5.50. The summed E-state index contributed by atoms with van der Waals surface area (Å²) in [7, 11) is 0. The first-order chi connectivity index (χ1) is 7.72. The zero-order chi connectivity index (χ0) is 12.0. The summed E-state index contributed by atoms with van der Waals surface area (Å²) in [4.78, 5) is 17.8. The van der Waals surface area contributed by atoms with Gasteiger partial charge in [-0.25, -0.2) is 10.8 Å². The van der Waals surface area contributed by atoms with Crippen LogP contribution in [-0.4, -0.2) is 28.9 Å². The van der Waals surface area contributed by atoms with Gasteiger partial charge in [0.1, 0.15) is 5.82 Å². The van der Waals surface area contributed by atoms with Crippen molar-refractivity contribution in [3.8, 4) is 0 Å². The second kappa shape index (κ2) is 6.07. The van der Waals surface area contributed by atoms with E-state index in [2.05, 4.69) is 17.3 Å². The summed E-state index contributed by atoms with van der Waals surface area (Å²) < 4.78 is 0. The van der Waals surface area contributed by atoms with Gasteiger partial charge in [0.2, 0.25) is 0 Å². The largest absolute Gasteiger partial charge is 0.339 e. The summed E-state index contributed by atoms with van der Waals surface area (Å²) in [6, 6.07) is 3.35. The standard InChI is InChI=1S/C11H18N4O/c1-3-7-15(4-2)11(16)9-5-6-13-10(8-9)14-12/h5-6,8H,3-4,7,12H2,1-2H3,(H,13,14). The number of hydrogen-bond acceptors (Lipinski definition) is 4. The van der Waals surface area contributed by atoms with Gasteiger partial charge in [-0.2, -0.15) is 0 Å². The Hall–Kier alpha value is -1.62. The molecule has 0 unspecified atom stereocenters. The lowest BCUT2D eigenvalue weighted by atomic mass is 10.2. The molecule has 0 spiro atoms. The number of carbonyl (C=O) groups is 1. The quantitative estimate of drug-likeness (QED) is 0.581. The van der Waals surface area contributed by atoms with Gasteiger partial charge < -0.3 is 10.3 Å². The molecule has 88 valence electrons. The summed E-state index contributed by atoms with van der Waals surface area (Å²) in [6.07, 6.45) is 2.52. The maximum absolute atomic E-state index is 12.1. The first-order valence-electron chi connectivity index (χ1n) is 5.44. The van der Waals surface area contributed by atoms with E-state index in [0.29, 0.717) is 17.9 Å². The highest BCUT2D eigenvalue weighted by Crippen LogP contribution is 2.09. The number of nitrogen functional groups attached to an aromatic ring is 1. The number of amides is 1. The van der Waals surface area contributed by atoms with Crippen molar-refractivity contribution < 1.29 is 4.79 Å². The molecule has 0 fully saturated rings. The molecule has 1 heterocycles. The van der Waals surface area contributed by atoms with Gasteiger partial charge in [0.15, 0.2) is 0 Å². The lowest BCUT2D eigenvalue weighted by molar-refractivity contribution is 0.0764. The van der Waals surface area contributed by atoms with Gasteiger partial charge >= 0.3 is 0 Å². The Bertz CT molecular complexity index is 354. The predicted molar refractivity (Wildman–Crippen MR) is 63.9 cm³/mol. The summed E-state index contributed by atoms with van der Waals surface area (Å²) in [5, 5.41) is 0. The zero-order valence-corrected chi connectivity index (χ0v) is 9.73. The normalized spacial score (nSPS) is 9.94. The minimum atomic E-state index is 0.0169.